The largest absolute Gasteiger partial charge is 0.480 e. The molecule has 0 spiro atoms. The van der Waals surface area contributed by atoms with Gasteiger partial charge in [-0.25, -0.2) is 23.1 Å². The zero-order valence-corrected chi connectivity index (χ0v) is 18.5. The Morgan fingerprint density at radius 2 is 1.74 bits per heavy atom. The Labute approximate surface area is 194 Å². The van der Waals surface area contributed by atoms with Crippen LogP contribution in [0.5, 0.6) is 5.88 Å². The van der Waals surface area contributed by atoms with Crippen LogP contribution in [0.25, 0.3) is 5.70 Å². The minimum absolute atomic E-state index is 0.233. The summed E-state index contributed by atoms with van der Waals surface area (Å²) in [5.74, 6) is -2.24. The van der Waals surface area contributed by atoms with Crippen molar-refractivity contribution in [2.24, 2.45) is 0 Å². The van der Waals surface area contributed by atoms with Crippen LogP contribution in [0.4, 0.5) is 30.4 Å². The molecule has 2 aliphatic rings. The molecular weight excluding hydrogens is 445 g/mol. The van der Waals surface area contributed by atoms with E-state index in [0.717, 1.165) is 48.7 Å². The number of hydrogen-bond donors (Lipinski definition) is 2. The number of methoxy groups -OCH3 is 1. The maximum Gasteiger partial charge on any atom is 0.222 e. The van der Waals surface area contributed by atoms with E-state index in [4.69, 9.17) is 4.74 Å². The SMILES string of the molecule is COc1nccc2c1C(N1CCNCC1)=CN(c1ccnc(Nc3c(F)cc(F)cc3F)c1)C2. The van der Waals surface area contributed by atoms with E-state index >= 15 is 0 Å². The summed E-state index contributed by atoms with van der Waals surface area (Å²) < 4.78 is 47.1. The molecule has 1 aromatic carbocycles. The van der Waals surface area contributed by atoms with Crippen molar-refractivity contribution in [1.82, 2.24) is 20.2 Å². The van der Waals surface area contributed by atoms with Crippen LogP contribution in [0.15, 0.2) is 48.9 Å². The Kier molecular flexibility index (Phi) is 5.97. The Morgan fingerprint density at radius 1 is 1.00 bits per heavy atom. The van der Waals surface area contributed by atoms with Crippen LogP contribution in [0, 0.1) is 17.5 Å². The first-order valence-electron chi connectivity index (χ1n) is 10.9. The summed E-state index contributed by atoms with van der Waals surface area (Å²) in [4.78, 5) is 12.9. The maximum absolute atomic E-state index is 14.1. The minimum atomic E-state index is -1.03. The van der Waals surface area contributed by atoms with Gasteiger partial charge >= 0.3 is 0 Å². The Morgan fingerprint density at radius 3 is 2.47 bits per heavy atom. The fraction of sp³-hybridized carbons (Fsp3) is 0.250. The number of piperazine rings is 1. The molecule has 0 atom stereocenters. The number of fused-ring (bicyclic) bond motifs is 1. The molecule has 2 aliphatic heterocycles. The van der Waals surface area contributed by atoms with Crippen LogP contribution in [0.2, 0.25) is 0 Å². The molecule has 5 rings (SSSR count). The van der Waals surface area contributed by atoms with Gasteiger partial charge in [0.05, 0.1) is 18.4 Å². The summed E-state index contributed by atoms with van der Waals surface area (Å²) in [6.07, 6.45) is 5.31. The third-order valence-electron chi connectivity index (χ3n) is 5.86. The summed E-state index contributed by atoms with van der Waals surface area (Å²) in [5.41, 5.74) is 3.32. The highest BCUT2D eigenvalue weighted by Gasteiger charge is 2.27. The summed E-state index contributed by atoms with van der Waals surface area (Å²) in [5, 5.41) is 6.00. The van der Waals surface area contributed by atoms with Gasteiger partial charge in [-0.15, -0.1) is 0 Å². The zero-order chi connectivity index (χ0) is 23.7. The molecule has 3 aromatic rings. The number of rotatable bonds is 5. The topological polar surface area (TPSA) is 65.5 Å². The van der Waals surface area contributed by atoms with Gasteiger partial charge < -0.3 is 25.2 Å². The number of anilines is 3. The van der Waals surface area contributed by atoms with Gasteiger partial charge in [0.25, 0.3) is 0 Å². The first kappa shape index (κ1) is 22.0. The number of hydrogen-bond acceptors (Lipinski definition) is 7. The van der Waals surface area contributed by atoms with Gasteiger partial charge in [-0.2, -0.15) is 0 Å². The first-order chi connectivity index (χ1) is 16.5. The van der Waals surface area contributed by atoms with Crippen LogP contribution >= 0.6 is 0 Å². The molecule has 0 radical (unpaired) electrons. The quantitative estimate of drug-likeness (QED) is 0.589. The highest BCUT2D eigenvalue weighted by atomic mass is 19.1. The normalized spacial score (nSPS) is 15.6. The summed E-state index contributed by atoms with van der Waals surface area (Å²) in [6.45, 7) is 3.96. The van der Waals surface area contributed by atoms with E-state index in [1.54, 1.807) is 25.6 Å². The Bertz CT molecular complexity index is 1220. The van der Waals surface area contributed by atoms with E-state index in [9.17, 15) is 13.2 Å². The third-order valence-corrected chi connectivity index (χ3v) is 5.86. The Balaban J connectivity index is 1.50. The van der Waals surface area contributed by atoms with Crippen molar-refractivity contribution in [3.8, 4) is 5.88 Å². The second-order valence-electron chi connectivity index (χ2n) is 8.00. The van der Waals surface area contributed by atoms with E-state index in [0.29, 0.717) is 24.6 Å². The van der Waals surface area contributed by atoms with Crippen LogP contribution in [-0.2, 0) is 6.54 Å². The second-order valence-corrected chi connectivity index (χ2v) is 8.00. The molecule has 0 bridgehead atoms. The number of aromatic nitrogens is 2. The summed E-state index contributed by atoms with van der Waals surface area (Å²) in [7, 11) is 1.61. The highest BCUT2D eigenvalue weighted by Crippen LogP contribution is 2.37. The standard InChI is InChI=1S/C24H23F3N6O/c1-34-24-22-15(2-4-30-24)13-33(14-20(22)32-8-6-28-7-9-32)17-3-5-29-21(12-17)31-23-18(26)10-16(25)11-19(23)27/h2-5,10-12,14,28H,6-9,13H2,1H3,(H,29,31). The van der Waals surface area contributed by atoms with E-state index < -0.39 is 23.1 Å². The van der Waals surface area contributed by atoms with Crippen molar-refractivity contribution in [1.29, 1.82) is 0 Å². The van der Waals surface area contributed by atoms with Crippen LogP contribution in [-0.4, -0.2) is 48.2 Å². The van der Waals surface area contributed by atoms with E-state index in [1.165, 1.54) is 0 Å². The van der Waals surface area contributed by atoms with E-state index in [1.807, 2.05) is 23.2 Å². The lowest BCUT2D eigenvalue weighted by atomic mass is 10.0. The molecule has 2 N–H and O–H groups in total. The van der Waals surface area contributed by atoms with Gasteiger partial charge in [0.1, 0.15) is 17.3 Å². The average Bonchev–Trinajstić information content (AvgIpc) is 2.86. The Hall–Kier alpha value is -3.79. The molecule has 1 fully saturated rings. The molecule has 0 aliphatic carbocycles. The molecule has 1 saturated heterocycles. The van der Waals surface area contributed by atoms with Crippen molar-refractivity contribution in [2.45, 2.75) is 6.54 Å². The lowest BCUT2D eigenvalue weighted by Gasteiger charge is -2.37. The third kappa shape index (κ3) is 4.24. The molecule has 34 heavy (non-hydrogen) atoms. The average molecular weight is 468 g/mol. The van der Waals surface area contributed by atoms with Crippen LogP contribution < -0.4 is 20.3 Å². The molecule has 176 valence electrons. The zero-order valence-electron chi connectivity index (χ0n) is 18.5. The van der Waals surface area contributed by atoms with Crippen LogP contribution in [0.1, 0.15) is 11.1 Å². The van der Waals surface area contributed by atoms with Gasteiger partial charge in [0.15, 0.2) is 11.6 Å². The second kappa shape index (κ2) is 9.22. The predicted molar refractivity (Wildman–Crippen MR) is 123 cm³/mol. The number of pyridine rings is 2. The number of halogens is 3. The number of nitrogens with zero attached hydrogens (tertiary/aromatic N) is 4. The summed E-state index contributed by atoms with van der Waals surface area (Å²) in [6, 6.07) is 6.72. The molecule has 4 heterocycles. The number of nitrogens with one attached hydrogen (secondary N) is 2. The van der Waals surface area contributed by atoms with E-state index in [-0.39, 0.29) is 5.82 Å². The van der Waals surface area contributed by atoms with Crippen molar-refractivity contribution < 1.29 is 17.9 Å². The fourth-order valence-electron chi connectivity index (χ4n) is 4.25. The molecule has 7 nitrogen and oxygen atoms in total. The fourth-order valence-corrected chi connectivity index (χ4v) is 4.25. The lowest BCUT2D eigenvalue weighted by molar-refractivity contribution is 0.335. The van der Waals surface area contributed by atoms with E-state index in [2.05, 4.69) is 25.5 Å². The number of benzene rings is 1. The molecule has 2 aromatic heterocycles. The van der Waals surface area contributed by atoms with Crippen LogP contribution in [0.3, 0.4) is 0 Å². The predicted octanol–water partition coefficient (Wildman–Crippen LogP) is 3.87. The van der Waals surface area contributed by atoms with Crippen molar-refractivity contribution >= 4 is 22.9 Å². The smallest absolute Gasteiger partial charge is 0.222 e. The van der Waals surface area contributed by atoms with Gasteiger partial charge in [-0.1, -0.05) is 0 Å². The van der Waals surface area contributed by atoms with Gasteiger partial charge in [0, 0.05) is 75.2 Å². The number of ether oxygens (including phenoxy) is 1. The van der Waals surface area contributed by atoms with Crippen molar-refractivity contribution in [3.05, 3.63) is 77.5 Å². The molecule has 0 amide bonds. The van der Waals surface area contributed by atoms with Gasteiger partial charge in [-0.3, -0.25) is 0 Å². The van der Waals surface area contributed by atoms with Crippen molar-refractivity contribution in [2.75, 3.05) is 43.5 Å². The lowest BCUT2D eigenvalue weighted by Crippen LogP contribution is -2.43. The van der Waals surface area contributed by atoms with Crippen molar-refractivity contribution in [3.63, 3.8) is 0 Å². The monoisotopic (exact) mass is 468 g/mol. The maximum atomic E-state index is 14.1. The highest BCUT2D eigenvalue weighted by molar-refractivity contribution is 5.77. The summed E-state index contributed by atoms with van der Waals surface area (Å²) >= 11 is 0. The van der Waals surface area contributed by atoms with Gasteiger partial charge in [0.2, 0.25) is 5.88 Å². The minimum Gasteiger partial charge on any atom is -0.480 e. The molecule has 0 unspecified atom stereocenters. The van der Waals surface area contributed by atoms with Gasteiger partial charge in [-0.05, 0) is 17.7 Å². The first-order valence-corrected chi connectivity index (χ1v) is 10.9. The molecule has 0 saturated carbocycles. The molecule has 10 heteroatoms. The molecular formula is C24H23F3N6O.